The molecule has 22 heavy (non-hydrogen) atoms. The van der Waals surface area contributed by atoms with Crippen LogP contribution in [-0.2, 0) is 6.42 Å². The first kappa shape index (κ1) is 16.6. The van der Waals surface area contributed by atoms with Gasteiger partial charge in [-0.1, -0.05) is 30.7 Å². The largest absolute Gasteiger partial charge is 0.504 e. The van der Waals surface area contributed by atoms with E-state index in [2.05, 4.69) is 0 Å². The lowest BCUT2D eigenvalue weighted by Gasteiger charge is -2.36. The molecule has 0 radical (unpaired) electrons. The molecule has 1 aromatic rings. The van der Waals surface area contributed by atoms with E-state index in [4.69, 9.17) is 4.74 Å². The average molecular weight is 304 g/mol. The maximum Gasteiger partial charge on any atom is 0.161 e. The fourth-order valence-corrected chi connectivity index (χ4v) is 3.23. The zero-order valence-electron chi connectivity index (χ0n) is 13.6. The number of rotatable bonds is 4. The summed E-state index contributed by atoms with van der Waals surface area (Å²) in [5.41, 5.74) is 2.71. The highest BCUT2D eigenvalue weighted by atomic mass is 16.5. The lowest BCUT2D eigenvalue weighted by Crippen LogP contribution is -2.37. The second kappa shape index (κ2) is 6.15. The molecule has 0 bridgehead atoms. The first-order valence-corrected chi connectivity index (χ1v) is 7.36. The van der Waals surface area contributed by atoms with Crippen LogP contribution in [0.1, 0.15) is 25.0 Å². The summed E-state index contributed by atoms with van der Waals surface area (Å²) in [6.45, 7) is 5.63. The molecule has 2 unspecified atom stereocenters. The lowest BCUT2D eigenvalue weighted by atomic mass is 9.71. The Balaban J connectivity index is 2.42. The SMILES string of the molecule is COc1cc(C)cc(CC2(C)C=C(C)C=C(CO)C2O)c1O. The number of hydrogen-bond donors (Lipinski definition) is 3. The highest BCUT2D eigenvalue weighted by Gasteiger charge is 2.36. The van der Waals surface area contributed by atoms with Gasteiger partial charge in [-0.05, 0) is 43.0 Å². The molecule has 1 aromatic carbocycles. The molecule has 0 heterocycles. The van der Waals surface area contributed by atoms with Crippen molar-refractivity contribution in [2.24, 2.45) is 5.41 Å². The van der Waals surface area contributed by atoms with Gasteiger partial charge in [0.2, 0.25) is 0 Å². The number of allylic oxidation sites excluding steroid dienone is 2. The van der Waals surface area contributed by atoms with Gasteiger partial charge in [-0.3, -0.25) is 0 Å². The number of phenols is 1. The van der Waals surface area contributed by atoms with Crippen LogP contribution >= 0.6 is 0 Å². The highest BCUT2D eigenvalue weighted by molar-refractivity contribution is 5.49. The molecule has 0 aliphatic heterocycles. The Kier molecular flexibility index (Phi) is 4.63. The minimum absolute atomic E-state index is 0.104. The van der Waals surface area contributed by atoms with Gasteiger partial charge in [0.1, 0.15) is 0 Å². The summed E-state index contributed by atoms with van der Waals surface area (Å²) in [7, 11) is 1.52. The highest BCUT2D eigenvalue weighted by Crippen LogP contribution is 2.41. The van der Waals surface area contributed by atoms with Crippen molar-refractivity contribution in [2.75, 3.05) is 13.7 Å². The first-order chi connectivity index (χ1) is 10.3. The fourth-order valence-electron chi connectivity index (χ4n) is 3.23. The van der Waals surface area contributed by atoms with Gasteiger partial charge in [0, 0.05) is 5.41 Å². The lowest BCUT2D eigenvalue weighted by molar-refractivity contribution is 0.0868. The van der Waals surface area contributed by atoms with Crippen LogP contribution in [0.4, 0.5) is 0 Å². The zero-order chi connectivity index (χ0) is 16.5. The molecule has 1 aliphatic carbocycles. The molecule has 0 saturated carbocycles. The Morgan fingerprint density at radius 3 is 2.55 bits per heavy atom. The summed E-state index contributed by atoms with van der Waals surface area (Å²) >= 11 is 0. The van der Waals surface area contributed by atoms with Crippen LogP contribution in [0.25, 0.3) is 0 Å². The number of hydrogen-bond acceptors (Lipinski definition) is 4. The van der Waals surface area contributed by atoms with E-state index in [-0.39, 0.29) is 12.4 Å². The van der Waals surface area contributed by atoms with E-state index in [9.17, 15) is 15.3 Å². The van der Waals surface area contributed by atoms with Crippen molar-refractivity contribution in [3.8, 4) is 11.5 Å². The number of phenolic OH excluding ortho intramolecular Hbond substituents is 1. The number of aryl methyl sites for hydroxylation is 1. The van der Waals surface area contributed by atoms with E-state index >= 15 is 0 Å². The third kappa shape index (κ3) is 3.03. The minimum atomic E-state index is -0.785. The van der Waals surface area contributed by atoms with Crippen LogP contribution in [-0.4, -0.2) is 35.1 Å². The third-order valence-electron chi connectivity index (χ3n) is 4.22. The quantitative estimate of drug-likeness (QED) is 0.799. The molecule has 4 heteroatoms. The van der Waals surface area contributed by atoms with Gasteiger partial charge >= 0.3 is 0 Å². The van der Waals surface area contributed by atoms with E-state index < -0.39 is 11.5 Å². The third-order valence-corrected chi connectivity index (χ3v) is 4.22. The van der Waals surface area contributed by atoms with Crippen LogP contribution in [0.2, 0.25) is 0 Å². The van der Waals surface area contributed by atoms with Crippen molar-refractivity contribution >= 4 is 0 Å². The van der Waals surface area contributed by atoms with Gasteiger partial charge in [0.25, 0.3) is 0 Å². The Morgan fingerprint density at radius 2 is 1.95 bits per heavy atom. The normalized spacial score (nSPS) is 24.7. The number of benzene rings is 1. The monoisotopic (exact) mass is 304 g/mol. The molecule has 3 N–H and O–H groups in total. The molecule has 1 aliphatic rings. The van der Waals surface area contributed by atoms with Crippen LogP contribution < -0.4 is 4.74 Å². The predicted molar refractivity (Wildman–Crippen MR) is 86.1 cm³/mol. The van der Waals surface area contributed by atoms with Gasteiger partial charge in [-0.2, -0.15) is 0 Å². The van der Waals surface area contributed by atoms with Crippen LogP contribution in [0.5, 0.6) is 11.5 Å². The molecule has 0 aromatic heterocycles. The zero-order valence-corrected chi connectivity index (χ0v) is 13.6. The summed E-state index contributed by atoms with van der Waals surface area (Å²) in [4.78, 5) is 0. The van der Waals surface area contributed by atoms with Crippen LogP contribution in [0.3, 0.4) is 0 Å². The van der Waals surface area contributed by atoms with Gasteiger partial charge < -0.3 is 20.1 Å². The van der Waals surface area contributed by atoms with Gasteiger partial charge in [-0.25, -0.2) is 0 Å². The van der Waals surface area contributed by atoms with Gasteiger partial charge in [0.15, 0.2) is 11.5 Å². The smallest absolute Gasteiger partial charge is 0.161 e. The maximum atomic E-state index is 10.6. The Bertz CT molecular complexity index is 630. The van der Waals surface area contributed by atoms with E-state index in [0.29, 0.717) is 17.7 Å². The Hall–Kier alpha value is -1.78. The number of aliphatic hydroxyl groups is 2. The topological polar surface area (TPSA) is 69.9 Å². The molecular formula is C18H24O4. The molecule has 120 valence electrons. The number of ether oxygens (including phenoxy) is 1. The van der Waals surface area contributed by atoms with Crippen LogP contribution in [0, 0.1) is 12.3 Å². The summed E-state index contributed by atoms with van der Waals surface area (Å²) in [6, 6.07) is 3.68. The van der Waals surface area contributed by atoms with E-state index in [1.165, 1.54) is 7.11 Å². The van der Waals surface area contributed by atoms with Crippen molar-refractivity contribution in [3.63, 3.8) is 0 Å². The fraction of sp³-hybridized carbons (Fsp3) is 0.444. The van der Waals surface area contributed by atoms with Gasteiger partial charge in [-0.15, -0.1) is 0 Å². The molecule has 0 fully saturated rings. The van der Waals surface area contributed by atoms with E-state index in [1.807, 2.05) is 39.0 Å². The molecule has 2 rings (SSSR count). The number of methoxy groups -OCH3 is 1. The molecular weight excluding hydrogens is 280 g/mol. The Morgan fingerprint density at radius 1 is 1.27 bits per heavy atom. The molecule has 0 amide bonds. The molecule has 2 atom stereocenters. The summed E-state index contributed by atoms with van der Waals surface area (Å²) in [6.07, 6.45) is 3.47. The average Bonchev–Trinajstić information content (AvgIpc) is 2.46. The second-order valence-corrected chi connectivity index (χ2v) is 6.33. The van der Waals surface area contributed by atoms with Crippen molar-refractivity contribution in [1.82, 2.24) is 0 Å². The summed E-state index contributed by atoms with van der Waals surface area (Å²) in [5.74, 6) is 0.537. The molecule has 0 spiro atoms. The first-order valence-electron chi connectivity index (χ1n) is 7.36. The van der Waals surface area contributed by atoms with E-state index in [1.54, 1.807) is 6.07 Å². The standard InChI is InChI=1S/C18H24O4/c1-11-5-13(16(20)15(7-11)22-4)9-18(3)8-12(2)6-14(10-19)17(18)21/h5-8,17,19-21H,9-10H2,1-4H3. The molecule has 0 saturated heterocycles. The summed E-state index contributed by atoms with van der Waals surface area (Å²) < 4.78 is 5.20. The van der Waals surface area contributed by atoms with Crippen LogP contribution in [0.15, 0.2) is 35.4 Å². The Labute approximate surface area is 131 Å². The number of aromatic hydroxyl groups is 1. The predicted octanol–water partition coefficient (Wildman–Crippen LogP) is 2.50. The molecule has 4 nitrogen and oxygen atoms in total. The maximum absolute atomic E-state index is 10.6. The number of aliphatic hydroxyl groups excluding tert-OH is 2. The summed E-state index contributed by atoms with van der Waals surface area (Å²) in [5, 5.41) is 30.3. The van der Waals surface area contributed by atoms with Crippen molar-refractivity contribution in [3.05, 3.63) is 46.6 Å². The van der Waals surface area contributed by atoms with Crippen molar-refractivity contribution in [2.45, 2.75) is 33.3 Å². The van der Waals surface area contributed by atoms with Gasteiger partial charge in [0.05, 0.1) is 19.8 Å². The minimum Gasteiger partial charge on any atom is -0.504 e. The van der Waals surface area contributed by atoms with E-state index in [0.717, 1.165) is 16.7 Å². The van der Waals surface area contributed by atoms with Crippen molar-refractivity contribution < 1.29 is 20.1 Å². The second-order valence-electron chi connectivity index (χ2n) is 6.33. The van der Waals surface area contributed by atoms with Crippen molar-refractivity contribution in [1.29, 1.82) is 0 Å².